The Morgan fingerprint density at radius 1 is 1.19 bits per heavy atom. The first-order chi connectivity index (χ1) is 12.8. The molecule has 0 aliphatic carbocycles. The molecule has 6 nitrogen and oxygen atoms in total. The monoisotopic (exact) mass is 372 g/mol. The van der Waals surface area contributed by atoms with E-state index in [9.17, 15) is 14.7 Å². The number of rotatable bonds is 7. The Hall–Kier alpha value is -3.02. The van der Waals surface area contributed by atoms with Crippen molar-refractivity contribution in [2.45, 2.75) is 40.5 Å². The molecule has 27 heavy (non-hydrogen) atoms. The van der Waals surface area contributed by atoms with Gasteiger partial charge in [0, 0.05) is 6.92 Å². The molecule has 0 atom stereocenters. The number of carbonyl (C=O) groups is 1. The Morgan fingerprint density at radius 2 is 1.93 bits per heavy atom. The molecule has 2 rings (SSSR count). The standard InChI is InChI=1S/C21H24O6/c1-13(2)7-5-8-14(3)11-12-25-20-16-9-6-10-17(26-15(4)22)19(16)27-21(24)18(20)23/h6-7,9-11,23H,5,8,12H2,1-4H3. The lowest BCUT2D eigenvalue weighted by molar-refractivity contribution is -0.131. The van der Waals surface area contributed by atoms with Crippen LogP contribution in [0.25, 0.3) is 11.0 Å². The molecule has 0 saturated heterocycles. The van der Waals surface area contributed by atoms with Gasteiger partial charge >= 0.3 is 11.6 Å². The van der Waals surface area contributed by atoms with Crippen LogP contribution in [0.3, 0.4) is 0 Å². The van der Waals surface area contributed by atoms with E-state index < -0.39 is 17.3 Å². The number of hydrogen-bond donors (Lipinski definition) is 1. The SMILES string of the molecule is CC(=O)Oc1cccc2c(OCC=C(C)CCC=C(C)C)c(O)c(=O)oc12. The third kappa shape index (κ3) is 5.48. The van der Waals surface area contributed by atoms with E-state index in [0.717, 1.165) is 18.4 Å². The van der Waals surface area contributed by atoms with Crippen LogP contribution in [0.1, 0.15) is 40.5 Å². The van der Waals surface area contributed by atoms with Crippen molar-refractivity contribution in [2.75, 3.05) is 6.61 Å². The van der Waals surface area contributed by atoms with E-state index in [0.29, 0.717) is 5.39 Å². The quantitative estimate of drug-likeness (QED) is 0.333. The fourth-order valence-electron chi connectivity index (χ4n) is 2.50. The predicted molar refractivity (Wildman–Crippen MR) is 103 cm³/mol. The van der Waals surface area contributed by atoms with Crippen LogP contribution in [-0.2, 0) is 4.79 Å². The maximum Gasteiger partial charge on any atom is 0.382 e. The van der Waals surface area contributed by atoms with E-state index in [1.807, 2.05) is 13.0 Å². The average molecular weight is 372 g/mol. The van der Waals surface area contributed by atoms with Gasteiger partial charge in [-0.25, -0.2) is 4.79 Å². The van der Waals surface area contributed by atoms with Gasteiger partial charge in [0.2, 0.25) is 5.75 Å². The van der Waals surface area contributed by atoms with E-state index in [4.69, 9.17) is 13.9 Å². The molecule has 0 saturated carbocycles. The number of carbonyl (C=O) groups excluding carboxylic acids is 1. The van der Waals surface area contributed by atoms with Gasteiger partial charge in [0.1, 0.15) is 6.61 Å². The van der Waals surface area contributed by atoms with E-state index >= 15 is 0 Å². The molecule has 1 aromatic carbocycles. The third-order valence-corrected chi connectivity index (χ3v) is 3.83. The lowest BCUT2D eigenvalue weighted by Gasteiger charge is -2.11. The zero-order chi connectivity index (χ0) is 20.0. The summed E-state index contributed by atoms with van der Waals surface area (Å²) in [5.41, 5.74) is 1.51. The van der Waals surface area contributed by atoms with Crippen molar-refractivity contribution < 1.29 is 23.8 Å². The Morgan fingerprint density at radius 3 is 2.59 bits per heavy atom. The topological polar surface area (TPSA) is 86.0 Å². The maximum atomic E-state index is 11.9. The molecular formula is C21H24O6. The summed E-state index contributed by atoms with van der Waals surface area (Å²) < 4.78 is 15.8. The van der Waals surface area contributed by atoms with E-state index in [2.05, 4.69) is 19.9 Å². The zero-order valence-electron chi connectivity index (χ0n) is 16.0. The summed E-state index contributed by atoms with van der Waals surface area (Å²) >= 11 is 0. The minimum Gasteiger partial charge on any atom is -0.499 e. The summed E-state index contributed by atoms with van der Waals surface area (Å²) in [6.45, 7) is 7.54. The van der Waals surface area contributed by atoms with Crippen LogP contribution in [-0.4, -0.2) is 17.7 Å². The number of benzene rings is 1. The van der Waals surface area contributed by atoms with Crippen molar-refractivity contribution in [3.8, 4) is 17.2 Å². The van der Waals surface area contributed by atoms with Crippen molar-refractivity contribution in [3.05, 3.63) is 51.9 Å². The van der Waals surface area contributed by atoms with E-state index in [1.54, 1.807) is 12.1 Å². The number of para-hydroxylation sites is 1. The van der Waals surface area contributed by atoms with Crippen LogP contribution in [0.4, 0.5) is 0 Å². The highest BCUT2D eigenvalue weighted by Crippen LogP contribution is 2.36. The van der Waals surface area contributed by atoms with Crippen molar-refractivity contribution in [1.29, 1.82) is 0 Å². The molecule has 0 amide bonds. The van der Waals surface area contributed by atoms with E-state index in [1.165, 1.54) is 18.6 Å². The highest BCUT2D eigenvalue weighted by atomic mass is 16.5. The van der Waals surface area contributed by atoms with Crippen LogP contribution in [0.5, 0.6) is 17.2 Å². The van der Waals surface area contributed by atoms with Gasteiger partial charge in [0.05, 0.1) is 5.39 Å². The minimum absolute atomic E-state index is 0.00333. The summed E-state index contributed by atoms with van der Waals surface area (Å²) in [5.74, 6) is -1.06. The summed E-state index contributed by atoms with van der Waals surface area (Å²) in [6, 6.07) is 4.74. The Labute approximate surface area is 157 Å². The smallest absolute Gasteiger partial charge is 0.382 e. The van der Waals surface area contributed by atoms with Gasteiger partial charge in [-0.05, 0) is 51.8 Å². The zero-order valence-corrected chi connectivity index (χ0v) is 16.0. The molecule has 0 bridgehead atoms. The van der Waals surface area contributed by atoms with Crippen LogP contribution in [0.2, 0.25) is 0 Å². The van der Waals surface area contributed by atoms with Crippen LogP contribution < -0.4 is 15.1 Å². The molecule has 0 fully saturated rings. The molecule has 2 aromatic rings. The maximum absolute atomic E-state index is 11.9. The Bertz CT molecular complexity index is 945. The van der Waals surface area contributed by atoms with Gasteiger partial charge in [0.15, 0.2) is 17.1 Å². The second-order valence-electron chi connectivity index (χ2n) is 6.48. The second kappa shape index (κ2) is 9.07. The summed E-state index contributed by atoms with van der Waals surface area (Å²) in [6.07, 6.45) is 5.90. The van der Waals surface area contributed by atoms with Gasteiger partial charge in [-0.1, -0.05) is 23.3 Å². The molecular weight excluding hydrogens is 348 g/mol. The summed E-state index contributed by atoms with van der Waals surface area (Å²) in [4.78, 5) is 23.2. The molecule has 6 heteroatoms. The van der Waals surface area contributed by atoms with Crippen molar-refractivity contribution in [3.63, 3.8) is 0 Å². The molecule has 1 aromatic heterocycles. The molecule has 0 aliphatic rings. The first-order valence-corrected chi connectivity index (χ1v) is 8.68. The number of hydrogen-bond acceptors (Lipinski definition) is 6. The van der Waals surface area contributed by atoms with Crippen LogP contribution in [0.15, 0.2) is 50.7 Å². The molecule has 1 heterocycles. The highest BCUT2D eigenvalue weighted by molar-refractivity contribution is 5.91. The van der Waals surface area contributed by atoms with Gasteiger partial charge < -0.3 is 19.0 Å². The van der Waals surface area contributed by atoms with Crippen LogP contribution in [0, 0.1) is 0 Å². The summed E-state index contributed by atoms with van der Waals surface area (Å²) in [5, 5.41) is 10.4. The van der Waals surface area contributed by atoms with Crippen molar-refractivity contribution in [1.82, 2.24) is 0 Å². The number of fused-ring (bicyclic) bond motifs is 1. The fourth-order valence-corrected chi connectivity index (χ4v) is 2.50. The first kappa shape index (κ1) is 20.3. The molecule has 1 N–H and O–H groups in total. The lowest BCUT2D eigenvalue weighted by Crippen LogP contribution is -2.06. The van der Waals surface area contributed by atoms with Crippen molar-refractivity contribution >= 4 is 16.9 Å². The molecule has 144 valence electrons. The number of ether oxygens (including phenoxy) is 2. The third-order valence-electron chi connectivity index (χ3n) is 3.83. The van der Waals surface area contributed by atoms with Gasteiger partial charge in [-0.2, -0.15) is 0 Å². The second-order valence-corrected chi connectivity index (χ2v) is 6.48. The molecule has 0 aliphatic heterocycles. The van der Waals surface area contributed by atoms with Gasteiger partial charge in [-0.15, -0.1) is 0 Å². The molecule has 0 unspecified atom stereocenters. The first-order valence-electron chi connectivity index (χ1n) is 8.68. The largest absolute Gasteiger partial charge is 0.499 e. The number of esters is 1. The number of aromatic hydroxyl groups is 1. The van der Waals surface area contributed by atoms with Gasteiger partial charge in [0.25, 0.3) is 0 Å². The van der Waals surface area contributed by atoms with Gasteiger partial charge in [-0.3, -0.25) is 4.79 Å². The highest BCUT2D eigenvalue weighted by Gasteiger charge is 2.18. The summed E-state index contributed by atoms with van der Waals surface area (Å²) in [7, 11) is 0. The normalized spacial score (nSPS) is 11.3. The lowest BCUT2D eigenvalue weighted by atomic mass is 10.1. The van der Waals surface area contributed by atoms with Crippen molar-refractivity contribution in [2.24, 2.45) is 0 Å². The fraction of sp³-hybridized carbons (Fsp3) is 0.333. The Balaban J connectivity index is 2.27. The predicted octanol–water partition coefficient (Wildman–Crippen LogP) is 4.50. The number of allylic oxidation sites excluding steroid dienone is 3. The van der Waals surface area contributed by atoms with E-state index in [-0.39, 0.29) is 23.7 Å². The molecule has 0 spiro atoms. The van der Waals surface area contributed by atoms with Crippen LogP contribution >= 0.6 is 0 Å². The Kier molecular flexibility index (Phi) is 6.82. The average Bonchev–Trinajstić information content (AvgIpc) is 2.58. The minimum atomic E-state index is -0.957. The molecule has 0 radical (unpaired) electrons.